The van der Waals surface area contributed by atoms with Gasteiger partial charge in [-0.1, -0.05) is 0 Å². The average molecular weight is 225 g/mol. The summed E-state index contributed by atoms with van der Waals surface area (Å²) >= 11 is 0. The molecule has 0 bridgehead atoms. The number of amides is 1. The van der Waals surface area contributed by atoms with Gasteiger partial charge >= 0.3 is 0 Å². The van der Waals surface area contributed by atoms with E-state index in [0.29, 0.717) is 18.0 Å². The summed E-state index contributed by atoms with van der Waals surface area (Å²) in [4.78, 5) is 11.9. The summed E-state index contributed by atoms with van der Waals surface area (Å²) in [5, 5.41) is 2.84. The van der Waals surface area contributed by atoms with E-state index >= 15 is 0 Å². The van der Waals surface area contributed by atoms with Gasteiger partial charge in [-0.05, 0) is 19.9 Å². The Labute approximate surface area is 95.6 Å². The fourth-order valence-corrected chi connectivity index (χ4v) is 1.57. The fourth-order valence-electron chi connectivity index (χ4n) is 1.57. The van der Waals surface area contributed by atoms with Crippen molar-refractivity contribution >= 4 is 11.6 Å². The zero-order chi connectivity index (χ0) is 12.1. The van der Waals surface area contributed by atoms with Gasteiger partial charge in [-0.3, -0.25) is 4.79 Å². The predicted octanol–water partition coefficient (Wildman–Crippen LogP) is 0.855. The molecule has 90 valence electrons. The third-order valence-corrected chi connectivity index (χ3v) is 2.29. The minimum Gasteiger partial charge on any atom is -0.397 e. The number of carbonyl (C=O) groups is 1. The van der Waals surface area contributed by atoms with Crippen LogP contribution in [0.15, 0.2) is 12.3 Å². The molecule has 0 radical (unpaired) electrons. The van der Waals surface area contributed by atoms with Crippen molar-refractivity contribution in [3.63, 3.8) is 0 Å². The molecule has 0 aliphatic carbocycles. The van der Waals surface area contributed by atoms with E-state index < -0.39 is 0 Å². The molecule has 0 saturated heterocycles. The summed E-state index contributed by atoms with van der Waals surface area (Å²) in [5.41, 5.74) is 6.85. The largest absolute Gasteiger partial charge is 0.397 e. The Kier molecular flexibility index (Phi) is 4.37. The highest BCUT2D eigenvalue weighted by Gasteiger charge is 2.14. The monoisotopic (exact) mass is 225 g/mol. The smallest absolute Gasteiger partial charge is 0.268 e. The van der Waals surface area contributed by atoms with Gasteiger partial charge in [0.2, 0.25) is 0 Å². The maximum absolute atomic E-state index is 11.9. The van der Waals surface area contributed by atoms with Crippen LogP contribution >= 0.6 is 0 Å². The number of nitrogen functional groups attached to an aromatic ring is 1. The number of hydrogen-bond donors (Lipinski definition) is 2. The van der Waals surface area contributed by atoms with Gasteiger partial charge in [0.05, 0.1) is 12.3 Å². The molecule has 1 aromatic heterocycles. The highest BCUT2D eigenvalue weighted by Crippen LogP contribution is 2.10. The molecule has 5 nitrogen and oxygen atoms in total. The van der Waals surface area contributed by atoms with Crippen LogP contribution in [0.4, 0.5) is 5.69 Å². The first-order chi connectivity index (χ1) is 7.58. The average Bonchev–Trinajstić information content (AvgIpc) is 2.59. The van der Waals surface area contributed by atoms with Crippen LogP contribution in [-0.2, 0) is 11.3 Å². The SMILES string of the molecule is CCn1cc(N)cc1C(=O)NC(C)COC. The lowest BCUT2D eigenvalue weighted by Gasteiger charge is -2.13. The van der Waals surface area contributed by atoms with E-state index in [1.807, 2.05) is 18.4 Å². The lowest BCUT2D eigenvalue weighted by molar-refractivity contribution is 0.0896. The lowest BCUT2D eigenvalue weighted by atomic mass is 10.3. The molecule has 16 heavy (non-hydrogen) atoms. The number of carbonyl (C=O) groups excluding carboxylic acids is 1. The van der Waals surface area contributed by atoms with Crippen LogP contribution in [-0.4, -0.2) is 30.2 Å². The number of nitrogens with one attached hydrogen (secondary N) is 1. The maximum Gasteiger partial charge on any atom is 0.268 e. The number of aryl methyl sites for hydroxylation is 1. The van der Waals surface area contributed by atoms with Gasteiger partial charge in [0.15, 0.2) is 0 Å². The van der Waals surface area contributed by atoms with Crippen LogP contribution < -0.4 is 11.1 Å². The molecule has 0 saturated carbocycles. The van der Waals surface area contributed by atoms with E-state index in [0.717, 1.165) is 6.54 Å². The molecule has 0 fully saturated rings. The summed E-state index contributed by atoms with van der Waals surface area (Å²) in [7, 11) is 1.61. The Morgan fingerprint density at radius 3 is 2.94 bits per heavy atom. The highest BCUT2D eigenvalue weighted by molar-refractivity contribution is 5.94. The maximum atomic E-state index is 11.9. The summed E-state index contributed by atoms with van der Waals surface area (Å²) in [6, 6.07) is 1.66. The van der Waals surface area contributed by atoms with Crippen molar-refractivity contribution in [3.05, 3.63) is 18.0 Å². The molecule has 1 aromatic rings. The van der Waals surface area contributed by atoms with Gasteiger partial charge in [0.25, 0.3) is 5.91 Å². The predicted molar refractivity (Wildman–Crippen MR) is 63.3 cm³/mol. The number of nitrogens with zero attached hydrogens (tertiary/aromatic N) is 1. The molecule has 3 N–H and O–H groups in total. The van der Waals surface area contributed by atoms with E-state index in [-0.39, 0.29) is 11.9 Å². The second-order valence-electron chi connectivity index (χ2n) is 3.77. The van der Waals surface area contributed by atoms with Crippen LogP contribution in [0.5, 0.6) is 0 Å². The van der Waals surface area contributed by atoms with Gasteiger partial charge in [-0.2, -0.15) is 0 Å². The van der Waals surface area contributed by atoms with E-state index in [2.05, 4.69) is 5.32 Å². The molecule has 0 spiro atoms. The van der Waals surface area contributed by atoms with Crippen LogP contribution in [0.25, 0.3) is 0 Å². The number of ether oxygens (including phenoxy) is 1. The standard InChI is InChI=1S/C11H19N3O2/c1-4-14-6-9(12)5-10(14)11(15)13-8(2)7-16-3/h5-6,8H,4,7,12H2,1-3H3,(H,13,15). The Hall–Kier alpha value is -1.49. The molecule has 0 aromatic carbocycles. The molecule has 1 rings (SSSR count). The zero-order valence-electron chi connectivity index (χ0n) is 9.99. The molecule has 5 heteroatoms. The highest BCUT2D eigenvalue weighted by atomic mass is 16.5. The Morgan fingerprint density at radius 1 is 1.69 bits per heavy atom. The Bertz CT molecular complexity index is 360. The molecule has 0 aliphatic heterocycles. The first-order valence-electron chi connectivity index (χ1n) is 5.34. The second kappa shape index (κ2) is 5.55. The summed E-state index contributed by atoms with van der Waals surface area (Å²) in [6.07, 6.45) is 1.76. The fraction of sp³-hybridized carbons (Fsp3) is 0.545. The van der Waals surface area contributed by atoms with Crippen molar-refractivity contribution in [2.45, 2.75) is 26.4 Å². The molecule has 1 unspecified atom stereocenters. The third-order valence-electron chi connectivity index (χ3n) is 2.29. The molecular formula is C11H19N3O2. The molecule has 0 aliphatic rings. The number of methoxy groups -OCH3 is 1. The molecule has 1 atom stereocenters. The first-order valence-corrected chi connectivity index (χ1v) is 5.34. The Morgan fingerprint density at radius 2 is 2.38 bits per heavy atom. The Balaban J connectivity index is 2.72. The molecule has 1 amide bonds. The molecule has 1 heterocycles. The normalized spacial score (nSPS) is 12.4. The van der Waals surface area contributed by atoms with Crippen LogP contribution in [0.1, 0.15) is 24.3 Å². The van der Waals surface area contributed by atoms with E-state index in [9.17, 15) is 4.79 Å². The summed E-state index contributed by atoms with van der Waals surface area (Å²) in [6.45, 7) is 5.07. The van der Waals surface area contributed by atoms with Gasteiger partial charge in [-0.15, -0.1) is 0 Å². The summed E-state index contributed by atoms with van der Waals surface area (Å²) in [5.74, 6) is -0.122. The van der Waals surface area contributed by atoms with Crippen molar-refractivity contribution in [1.82, 2.24) is 9.88 Å². The van der Waals surface area contributed by atoms with Crippen molar-refractivity contribution in [2.75, 3.05) is 19.5 Å². The molecular weight excluding hydrogens is 206 g/mol. The number of anilines is 1. The van der Waals surface area contributed by atoms with Gasteiger partial charge in [0.1, 0.15) is 5.69 Å². The minimum absolute atomic E-state index is 0.0149. The second-order valence-corrected chi connectivity index (χ2v) is 3.77. The van der Waals surface area contributed by atoms with E-state index in [4.69, 9.17) is 10.5 Å². The van der Waals surface area contributed by atoms with Gasteiger partial charge < -0.3 is 20.4 Å². The van der Waals surface area contributed by atoms with Crippen molar-refractivity contribution in [2.24, 2.45) is 0 Å². The van der Waals surface area contributed by atoms with E-state index in [1.54, 1.807) is 19.4 Å². The number of aromatic nitrogens is 1. The first kappa shape index (κ1) is 12.6. The van der Waals surface area contributed by atoms with Crippen LogP contribution in [0.2, 0.25) is 0 Å². The van der Waals surface area contributed by atoms with Gasteiger partial charge in [-0.25, -0.2) is 0 Å². The van der Waals surface area contributed by atoms with Crippen molar-refractivity contribution < 1.29 is 9.53 Å². The number of rotatable bonds is 5. The van der Waals surface area contributed by atoms with E-state index in [1.165, 1.54) is 0 Å². The summed E-state index contributed by atoms with van der Waals surface area (Å²) < 4.78 is 6.78. The van der Waals surface area contributed by atoms with Gasteiger partial charge in [0, 0.05) is 25.9 Å². The van der Waals surface area contributed by atoms with Crippen molar-refractivity contribution in [3.8, 4) is 0 Å². The van der Waals surface area contributed by atoms with Crippen LogP contribution in [0, 0.1) is 0 Å². The minimum atomic E-state index is -0.122. The topological polar surface area (TPSA) is 69.3 Å². The van der Waals surface area contributed by atoms with Crippen LogP contribution in [0.3, 0.4) is 0 Å². The lowest BCUT2D eigenvalue weighted by Crippen LogP contribution is -2.36. The zero-order valence-corrected chi connectivity index (χ0v) is 9.99. The van der Waals surface area contributed by atoms with Crippen molar-refractivity contribution in [1.29, 1.82) is 0 Å². The number of nitrogens with two attached hydrogens (primary N) is 1. The number of hydrogen-bond acceptors (Lipinski definition) is 3. The quantitative estimate of drug-likeness (QED) is 0.780. The third kappa shape index (κ3) is 3.00.